The second-order valence-corrected chi connectivity index (χ2v) is 9.31. The van der Waals surface area contributed by atoms with E-state index in [0.29, 0.717) is 11.8 Å². The maximum atomic E-state index is 6.26. The molecular weight excluding hydrogens is 332 g/mol. The van der Waals surface area contributed by atoms with Gasteiger partial charge in [0, 0.05) is 28.7 Å². The van der Waals surface area contributed by atoms with Gasteiger partial charge in [0.2, 0.25) is 0 Å². The molecule has 1 aliphatic heterocycles. The normalized spacial score (nSPS) is 22.9. The molecule has 0 radical (unpaired) electrons. The fraction of sp³-hybridized carbons (Fsp3) is 0.571. The number of halogens is 1. The molecule has 2 heterocycles. The molecule has 4 heteroatoms. The minimum absolute atomic E-state index is 0.115. The van der Waals surface area contributed by atoms with Crippen molar-refractivity contribution < 1.29 is 4.74 Å². The molecule has 1 aliphatic carbocycles. The van der Waals surface area contributed by atoms with Crippen LogP contribution >= 0.6 is 11.6 Å². The van der Waals surface area contributed by atoms with Gasteiger partial charge >= 0.3 is 0 Å². The van der Waals surface area contributed by atoms with Crippen LogP contribution in [0.4, 0.5) is 0 Å². The molecule has 3 nitrogen and oxygen atoms in total. The summed E-state index contributed by atoms with van der Waals surface area (Å²) in [6, 6.07) is 8.07. The minimum atomic E-state index is -0.115. The maximum absolute atomic E-state index is 6.26. The number of hydrogen-bond acceptors (Lipinski definition) is 2. The molecule has 25 heavy (non-hydrogen) atoms. The van der Waals surface area contributed by atoms with E-state index in [2.05, 4.69) is 50.6 Å². The molecule has 2 aromatic rings. The molecule has 0 unspecified atom stereocenters. The Labute approximate surface area is 155 Å². The van der Waals surface area contributed by atoms with E-state index in [0.717, 1.165) is 23.6 Å². The summed E-state index contributed by atoms with van der Waals surface area (Å²) < 4.78 is 8.53. The van der Waals surface area contributed by atoms with E-state index < -0.39 is 0 Å². The van der Waals surface area contributed by atoms with Crippen LogP contribution in [-0.2, 0) is 4.74 Å². The van der Waals surface area contributed by atoms with Gasteiger partial charge in [-0.1, -0.05) is 11.6 Å². The summed E-state index contributed by atoms with van der Waals surface area (Å²) in [4.78, 5) is 5.10. The van der Waals surface area contributed by atoms with Gasteiger partial charge in [-0.3, -0.25) is 0 Å². The molecule has 1 aromatic carbocycles. The first-order valence-corrected chi connectivity index (χ1v) is 9.66. The molecule has 0 bridgehead atoms. The summed E-state index contributed by atoms with van der Waals surface area (Å²) in [7, 11) is 0. The van der Waals surface area contributed by atoms with E-state index in [1.165, 1.54) is 24.4 Å². The van der Waals surface area contributed by atoms with E-state index in [9.17, 15) is 0 Å². The van der Waals surface area contributed by atoms with E-state index >= 15 is 0 Å². The van der Waals surface area contributed by atoms with Gasteiger partial charge in [0.15, 0.2) is 0 Å². The summed E-state index contributed by atoms with van der Waals surface area (Å²) in [5, 5.41) is 0.769. The average molecular weight is 359 g/mol. The summed E-state index contributed by atoms with van der Waals surface area (Å²) in [6.45, 7) is 8.77. The molecule has 1 aromatic heterocycles. The van der Waals surface area contributed by atoms with Crippen LogP contribution in [0.2, 0.25) is 5.02 Å². The first kappa shape index (κ1) is 17.1. The van der Waals surface area contributed by atoms with Crippen LogP contribution < -0.4 is 0 Å². The third kappa shape index (κ3) is 3.63. The first-order valence-electron chi connectivity index (χ1n) is 9.28. The van der Waals surface area contributed by atoms with Gasteiger partial charge in [-0.2, -0.15) is 0 Å². The molecule has 2 aliphatic rings. The van der Waals surface area contributed by atoms with E-state index in [1.807, 2.05) is 12.1 Å². The predicted octanol–water partition coefficient (Wildman–Crippen LogP) is 5.85. The minimum Gasteiger partial charge on any atom is -0.370 e. The largest absolute Gasteiger partial charge is 0.370 e. The summed E-state index contributed by atoms with van der Waals surface area (Å²) in [5.74, 6) is 2.24. The van der Waals surface area contributed by atoms with Gasteiger partial charge in [0.05, 0.1) is 16.9 Å². The Kier molecular flexibility index (Phi) is 4.01. The predicted molar refractivity (Wildman–Crippen MR) is 102 cm³/mol. The lowest BCUT2D eigenvalue weighted by molar-refractivity contribution is -0.162. The Morgan fingerprint density at radius 3 is 2.16 bits per heavy atom. The number of benzene rings is 1. The molecule has 0 amide bonds. The lowest BCUT2D eigenvalue weighted by atomic mass is 9.79. The van der Waals surface area contributed by atoms with Crippen molar-refractivity contribution in [2.75, 3.05) is 0 Å². The Balaban J connectivity index is 1.71. The van der Waals surface area contributed by atoms with Crippen LogP contribution in [0.15, 0.2) is 30.5 Å². The smallest absolute Gasteiger partial charge is 0.116 e. The van der Waals surface area contributed by atoms with Crippen LogP contribution in [0.1, 0.15) is 76.7 Å². The Morgan fingerprint density at radius 2 is 1.60 bits per heavy atom. The van der Waals surface area contributed by atoms with Crippen LogP contribution in [0, 0.1) is 0 Å². The van der Waals surface area contributed by atoms with Crippen molar-refractivity contribution in [3.8, 4) is 5.69 Å². The Bertz CT molecular complexity index is 756. The molecule has 0 atom stereocenters. The molecule has 0 N–H and O–H groups in total. The van der Waals surface area contributed by atoms with Gasteiger partial charge in [-0.15, -0.1) is 0 Å². The fourth-order valence-electron chi connectivity index (χ4n) is 4.35. The van der Waals surface area contributed by atoms with Crippen molar-refractivity contribution in [2.24, 2.45) is 0 Å². The van der Waals surface area contributed by atoms with E-state index in [1.54, 1.807) is 0 Å². The van der Waals surface area contributed by atoms with Gasteiger partial charge in [0.1, 0.15) is 5.82 Å². The van der Waals surface area contributed by atoms with Crippen molar-refractivity contribution in [1.29, 1.82) is 0 Å². The molecule has 134 valence electrons. The fourth-order valence-corrected chi connectivity index (χ4v) is 4.47. The molecule has 4 rings (SSSR count). The maximum Gasteiger partial charge on any atom is 0.116 e. The SMILES string of the molecule is CC1(C)CC(c2cn(-c3ccc(Cl)cc3)c(C3CC3)n2)CC(C)(C)O1. The molecular formula is C21H27ClN2O. The molecule has 0 spiro atoms. The lowest BCUT2D eigenvalue weighted by Crippen LogP contribution is -2.44. The number of aromatic nitrogens is 2. The van der Waals surface area contributed by atoms with Crippen molar-refractivity contribution in [2.45, 2.75) is 76.4 Å². The first-order chi connectivity index (χ1) is 11.7. The zero-order chi connectivity index (χ0) is 17.8. The van der Waals surface area contributed by atoms with Gasteiger partial charge < -0.3 is 9.30 Å². The van der Waals surface area contributed by atoms with Crippen LogP contribution in [0.3, 0.4) is 0 Å². The second kappa shape index (κ2) is 5.85. The number of imidazole rings is 1. The lowest BCUT2D eigenvalue weighted by Gasteiger charge is -2.45. The summed E-state index contributed by atoms with van der Waals surface area (Å²) in [6.07, 6.45) is 6.76. The monoisotopic (exact) mass is 358 g/mol. The average Bonchev–Trinajstić information content (AvgIpc) is 3.24. The van der Waals surface area contributed by atoms with E-state index in [4.69, 9.17) is 21.3 Å². The van der Waals surface area contributed by atoms with Crippen LogP contribution in [0.5, 0.6) is 0 Å². The third-order valence-electron chi connectivity index (χ3n) is 5.25. The highest BCUT2D eigenvalue weighted by atomic mass is 35.5. The zero-order valence-corrected chi connectivity index (χ0v) is 16.3. The van der Waals surface area contributed by atoms with Crippen molar-refractivity contribution in [3.63, 3.8) is 0 Å². The van der Waals surface area contributed by atoms with Gasteiger partial charge in [-0.05, 0) is 77.6 Å². The topological polar surface area (TPSA) is 27.1 Å². The number of ether oxygens (including phenoxy) is 1. The standard InChI is InChI=1S/C21H27ClN2O/c1-20(2)11-15(12-21(3,4)25-20)18-13-24(19(23-18)14-5-6-14)17-9-7-16(22)8-10-17/h7-10,13-15H,5-6,11-12H2,1-4H3. The summed E-state index contributed by atoms with van der Waals surface area (Å²) >= 11 is 6.06. The van der Waals surface area contributed by atoms with E-state index in [-0.39, 0.29) is 11.2 Å². The number of rotatable bonds is 3. The Hall–Kier alpha value is -1.32. The highest BCUT2D eigenvalue weighted by molar-refractivity contribution is 6.30. The third-order valence-corrected chi connectivity index (χ3v) is 5.50. The molecule has 1 saturated heterocycles. The number of hydrogen-bond donors (Lipinski definition) is 0. The van der Waals surface area contributed by atoms with Crippen LogP contribution in [0.25, 0.3) is 5.69 Å². The Morgan fingerprint density at radius 1 is 1.00 bits per heavy atom. The van der Waals surface area contributed by atoms with Crippen molar-refractivity contribution in [1.82, 2.24) is 9.55 Å². The quantitative estimate of drug-likeness (QED) is 0.687. The zero-order valence-electron chi connectivity index (χ0n) is 15.6. The van der Waals surface area contributed by atoms with Gasteiger partial charge in [0.25, 0.3) is 0 Å². The highest BCUT2D eigenvalue weighted by Crippen LogP contribution is 2.45. The summed E-state index contributed by atoms with van der Waals surface area (Å²) in [5.41, 5.74) is 2.13. The van der Waals surface area contributed by atoms with Crippen molar-refractivity contribution >= 4 is 11.6 Å². The highest BCUT2D eigenvalue weighted by Gasteiger charge is 2.41. The van der Waals surface area contributed by atoms with Crippen LogP contribution in [-0.4, -0.2) is 20.8 Å². The van der Waals surface area contributed by atoms with Gasteiger partial charge in [-0.25, -0.2) is 4.98 Å². The molecule has 2 fully saturated rings. The second-order valence-electron chi connectivity index (χ2n) is 8.87. The molecule has 1 saturated carbocycles. The number of nitrogens with zero attached hydrogens (tertiary/aromatic N) is 2. The van der Waals surface area contributed by atoms with Crippen molar-refractivity contribution in [3.05, 3.63) is 47.0 Å².